The van der Waals surface area contributed by atoms with E-state index in [2.05, 4.69) is 30.3 Å². The first-order chi connectivity index (χ1) is 9.00. The van der Waals surface area contributed by atoms with Gasteiger partial charge < -0.3 is 15.4 Å². The Kier molecular flexibility index (Phi) is 5.70. The second kappa shape index (κ2) is 7.04. The highest BCUT2D eigenvalue weighted by molar-refractivity contribution is 7.89. The maximum Gasteiger partial charge on any atom is 0.322 e. The maximum absolute atomic E-state index is 11.4. The molecule has 0 aliphatic rings. The standard InChI is InChI=1S/C9H18N6O3S/c1-4-12-19(16,17)6-5-11-8-13-7(10-2)14-9(15-8)18-3/h12H,4-6H2,1-3H3,(H2,10,11,13,14,15). The second-order valence-corrected chi connectivity index (χ2v) is 5.39. The number of nitrogens with zero attached hydrogens (tertiary/aromatic N) is 3. The minimum absolute atomic E-state index is 0.0657. The van der Waals surface area contributed by atoms with Gasteiger partial charge in [-0.2, -0.15) is 15.0 Å². The summed E-state index contributed by atoms with van der Waals surface area (Å²) in [6.07, 6.45) is 0. The van der Waals surface area contributed by atoms with Crippen LogP contribution in [0.2, 0.25) is 0 Å². The van der Waals surface area contributed by atoms with Crippen molar-refractivity contribution >= 4 is 21.9 Å². The molecule has 1 aromatic rings. The van der Waals surface area contributed by atoms with E-state index >= 15 is 0 Å². The molecule has 1 aromatic heterocycles. The van der Waals surface area contributed by atoms with Gasteiger partial charge in [0.05, 0.1) is 12.9 Å². The van der Waals surface area contributed by atoms with Gasteiger partial charge in [-0.25, -0.2) is 13.1 Å². The lowest BCUT2D eigenvalue weighted by molar-refractivity contribution is 0.379. The fourth-order valence-corrected chi connectivity index (χ4v) is 2.18. The SMILES string of the molecule is CCNS(=O)(=O)CCNc1nc(NC)nc(OC)n1. The van der Waals surface area contributed by atoms with E-state index in [1.807, 2.05) is 0 Å². The van der Waals surface area contributed by atoms with Gasteiger partial charge in [0, 0.05) is 20.1 Å². The Labute approximate surface area is 112 Å². The first-order valence-corrected chi connectivity index (χ1v) is 7.35. The van der Waals surface area contributed by atoms with Crippen molar-refractivity contribution in [2.24, 2.45) is 0 Å². The smallest absolute Gasteiger partial charge is 0.322 e. The van der Waals surface area contributed by atoms with Crippen molar-refractivity contribution in [2.75, 3.05) is 43.6 Å². The van der Waals surface area contributed by atoms with Crippen LogP contribution in [0, 0.1) is 0 Å². The molecular weight excluding hydrogens is 272 g/mol. The van der Waals surface area contributed by atoms with Crippen LogP contribution in [0.5, 0.6) is 6.01 Å². The molecule has 3 N–H and O–H groups in total. The number of rotatable bonds is 8. The highest BCUT2D eigenvalue weighted by atomic mass is 32.2. The van der Waals surface area contributed by atoms with Gasteiger partial charge in [0.15, 0.2) is 0 Å². The van der Waals surface area contributed by atoms with Crippen molar-refractivity contribution in [3.63, 3.8) is 0 Å². The van der Waals surface area contributed by atoms with E-state index in [1.165, 1.54) is 7.11 Å². The van der Waals surface area contributed by atoms with Gasteiger partial charge in [-0.15, -0.1) is 0 Å². The predicted octanol–water partition coefficient (Wildman–Crippen LogP) is -0.727. The van der Waals surface area contributed by atoms with Gasteiger partial charge in [-0.05, 0) is 0 Å². The molecule has 0 bridgehead atoms. The third-order valence-electron chi connectivity index (χ3n) is 2.04. The summed E-state index contributed by atoms with van der Waals surface area (Å²) >= 11 is 0. The van der Waals surface area contributed by atoms with Gasteiger partial charge >= 0.3 is 6.01 Å². The van der Waals surface area contributed by atoms with Gasteiger partial charge in [-0.3, -0.25) is 0 Å². The first-order valence-electron chi connectivity index (χ1n) is 5.69. The van der Waals surface area contributed by atoms with Crippen molar-refractivity contribution in [3.05, 3.63) is 0 Å². The number of methoxy groups -OCH3 is 1. The third-order valence-corrected chi connectivity index (χ3v) is 3.51. The number of aromatic nitrogens is 3. The molecule has 108 valence electrons. The van der Waals surface area contributed by atoms with E-state index < -0.39 is 10.0 Å². The number of ether oxygens (including phenoxy) is 1. The zero-order valence-electron chi connectivity index (χ0n) is 11.1. The van der Waals surface area contributed by atoms with Crippen LogP contribution in [-0.4, -0.2) is 56.4 Å². The summed E-state index contributed by atoms with van der Waals surface area (Å²) in [5.41, 5.74) is 0. The summed E-state index contributed by atoms with van der Waals surface area (Å²) in [4.78, 5) is 11.9. The number of hydrogen-bond acceptors (Lipinski definition) is 8. The lowest BCUT2D eigenvalue weighted by Gasteiger charge is -2.08. The first kappa shape index (κ1) is 15.4. The second-order valence-electron chi connectivity index (χ2n) is 3.46. The molecular formula is C9H18N6O3S. The van der Waals surface area contributed by atoms with Gasteiger partial charge in [0.2, 0.25) is 21.9 Å². The maximum atomic E-state index is 11.4. The average Bonchev–Trinajstić information content (AvgIpc) is 2.37. The molecule has 0 aliphatic carbocycles. The number of nitrogens with one attached hydrogen (secondary N) is 3. The minimum atomic E-state index is -3.26. The molecule has 0 saturated carbocycles. The molecule has 10 heteroatoms. The summed E-state index contributed by atoms with van der Waals surface area (Å²) in [5, 5.41) is 5.56. The number of anilines is 2. The Morgan fingerprint density at radius 1 is 1.21 bits per heavy atom. The van der Waals surface area contributed by atoms with E-state index in [9.17, 15) is 8.42 Å². The van der Waals surface area contributed by atoms with E-state index in [4.69, 9.17) is 4.74 Å². The Hall–Kier alpha value is -1.68. The molecule has 9 nitrogen and oxygen atoms in total. The van der Waals surface area contributed by atoms with Crippen LogP contribution in [0.4, 0.5) is 11.9 Å². The molecule has 1 heterocycles. The molecule has 0 spiro atoms. The fourth-order valence-electron chi connectivity index (χ4n) is 1.23. The normalized spacial score (nSPS) is 11.1. The number of sulfonamides is 1. The highest BCUT2D eigenvalue weighted by Gasteiger charge is 2.09. The molecule has 0 unspecified atom stereocenters. The predicted molar refractivity (Wildman–Crippen MR) is 71.9 cm³/mol. The summed E-state index contributed by atoms with van der Waals surface area (Å²) in [6, 6.07) is 0.149. The summed E-state index contributed by atoms with van der Waals surface area (Å²) in [5.74, 6) is 0.524. The fraction of sp³-hybridized carbons (Fsp3) is 0.667. The van der Waals surface area contributed by atoms with Gasteiger partial charge in [0.1, 0.15) is 0 Å². The molecule has 19 heavy (non-hydrogen) atoms. The Bertz CT molecular complexity index is 484. The van der Waals surface area contributed by atoms with Crippen LogP contribution < -0.4 is 20.1 Å². The molecule has 0 aromatic carbocycles. The van der Waals surface area contributed by atoms with E-state index in [1.54, 1.807) is 14.0 Å². The third kappa shape index (κ3) is 5.22. The molecule has 0 atom stereocenters. The Morgan fingerprint density at radius 3 is 2.47 bits per heavy atom. The molecule has 0 fully saturated rings. The number of hydrogen-bond donors (Lipinski definition) is 3. The topological polar surface area (TPSA) is 118 Å². The van der Waals surface area contributed by atoms with Gasteiger partial charge in [-0.1, -0.05) is 6.92 Å². The Morgan fingerprint density at radius 2 is 1.89 bits per heavy atom. The molecule has 0 aliphatic heterocycles. The van der Waals surface area contributed by atoms with Crippen molar-refractivity contribution in [1.29, 1.82) is 0 Å². The van der Waals surface area contributed by atoms with E-state index in [0.717, 1.165) is 0 Å². The summed E-state index contributed by atoms with van der Waals surface area (Å²) in [7, 11) is -0.164. The van der Waals surface area contributed by atoms with E-state index in [0.29, 0.717) is 12.5 Å². The van der Waals surface area contributed by atoms with Crippen molar-refractivity contribution in [1.82, 2.24) is 19.7 Å². The average molecular weight is 290 g/mol. The summed E-state index contributed by atoms with van der Waals surface area (Å²) < 4.78 is 30.2. The zero-order valence-corrected chi connectivity index (χ0v) is 11.9. The van der Waals surface area contributed by atoms with Gasteiger partial charge in [0.25, 0.3) is 0 Å². The molecule has 0 amide bonds. The lowest BCUT2D eigenvalue weighted by Crippen LogP contribution is -2.29. The van der Waals surface area contributed by atoms with E-state index in [-0.39, 0.29) is 24.3 Å². The van der Waals surface area contributed by atoms with Crippen LogP contribution in [-0.2, 0) is 10.0 Å². The van der Waals surface area contributed by atoms with Crippen LogP contribution in [0.1, 0.15) is 6.92 Å². The van der Waals surface area contributed by atoms with Crippen LogP contribution in [0.3, 0.4) is 0 Å². The molecule has 0 saturated heterocycles. The van der Waals surface area contributed by atoms with Crippen LogP contribution in [0.25, 0.3) is 0 Å². The highest BCUT2D eigenvalue weighted by Crippen LogP contribution is 2.09. The van der Waals surface area contributed by atoms with Crippen molar-refractivity contribution in [3.8, 4) is 6.01 Å². The quantitative estimate of drug-likeness (QED) is 0.573. The largest absolute Gasteiger partial charge is 0.467 e. The zero-order chi connectivity index (χ0) is 14.3. The minimum Gasteiger partial charge on any atom is -0.467 e. The van der Waals surface area contributed by atoms with Crippen molar-refractivity contribution < 1.29 is 13.2 Å². The van der Waals surface area contributed by atoms with Crippen LogP contribution in [0.15, 0.2) is 0 Å². The van der Waals surface area contributed by atoms with Crippen LogP contribution >= 0.6 is 0 Å². The molecule has 0 radical (unpaired) electrons. The van der Waals surface area contributed by atoms with Crippen molar-refractivity contribution in [2.45, 2.75) is 6.92 Å². The Balaban J connectivity index is 2.62. The lowest BCUT2D eigenvalue weighted by atomic mass is 10.7. The molecule has 1 rings (SSSR count). The summed E-state index contributed by atoms with van der Waals surface area (Å²) in [6.45, 7) is 2.28. The monoisotopic (exact) mass is 290 g/mol.